The second-order valence-electron chi connectivity index (χ2n) is 8.07. The molecule has 4 aromatic rings. The molecule has 1 fully saturated rings. The molecule has 8 nitrogen and oxygen atoms in total. The lowest BCUT2D eigenvalue weighted by Gasteiger charge is -2.35. The number of piperazine rings is 1. The van der Waals surface area contributed by atoms with E-state index in [0.29, 0.717) is 48.2 Å². The van der Waals surface area contributed by atoms with Crippen molar-refractivity contribution >= 4 is 26.9 Å². The van der Waals surface area contributed by atoms with Crippen LogP contribution in [-0.2, 0) is 10.0 Å². The average molecular weight is 467 g/mol. The fraction of sp³-hybridized carbons (Fsp3) is 0.261. The molecule has 1 aliphatic heterocycles. The lowest BCUT2D eigenvalue weighted by molar-refractivity contribution is 0.384. The number of nitrogens with zero attached hydrogens (tertiary/aromatic N) is 6. The van der Waals surface area contributed by atoms with Crippen LogP contribution in [0, 0.1) is 19.7 Å². The van der Waals surface area contributed by atoms with E-state index >= 15 is 0 Å². The van der Waals surface area contributed by atoms with Gasteiger partial charge in [0.25, 0.3) is 0 Å². The van der Waals surface area contributed by atoms with Crippen molar-refractivity contribution in [3.63, 3.8) is 0 Å². The molecule has 170 valence electrons. The van der Waals surface area contributed by atoms with Crippen LogP contribution < -0.4 is 4.90 Å². The summed E-state index contributed by atoms with van der Waals surface area (Å²) in [4.78, 5) is 11.6. The molecule has 2 aromatic carbocycles. The highest BCUT2D eigenvalue weighted by Gasteiger charge is 2.30. The Labute approximate surface area is 191 Å². The van der Waals surface area contributed by atoms with Crippen molar-refractivity contribution in [3.05, 3.63) is 71.9 Å². The van der Waals surface area contributed by atoms with Crippen LogP contribution in [0.25, 0.3) is 16.7 Å². The predicted octanol–water partition coefficient (Wildman–Crippen LogP) is 3.08. The number of fused-ring (bicyclic) bond motifs is 1. The largest absolute Gasteiger partial charge is 0.353 e. The van der Waals surface area contributed by atoms with Gasteiger partial charge in [-0.2, -0.15) is 9.40 Å². The Bertz CT molecular complexity index is 1410. The van der Waals surface area contributed by atoms with Crippen LogP contribution in [0.3, 0.4) is 0 Å². The monoisotopic (exact) mass is 466 g/mol. The van der Waals surface area contributed by atoms with Crippen molar-refractivity contribution in [1.82, 2.24) is 24.1 Å². The third kappa shape index (κ3) is 3.96. The lowest BCUT2D eigenvalue weighted by atomic mass is 10.2. The van der Waals surface area contributed by atoms with Gasteiger partial charge in [0.1, 0.15) is 17.5 Å². The van der Waals surface area contributed by atoms with E-state index in [4.69, 9.17) is 0 Å². The number of anilines is 1. The van der Waals surface area contributed by atoms with E-state index in [0.717, 1.165) is 16.8 Å². The molecular formula is C23H23FN6O2S. The third-order valence-corrected chi connectivity index (χ3v) is 7.70. The van der Waals surface area contributed by atoms with E-state index in [-0.39, 0.29) is 5.82 Å². The number of aromatic nitrogens is 4. The fourth-order valence-electron chi connectivity index (χ4n) is 4.01. The van der Waals surface area contributed by atoms with Gasteiger partial charge in [-0.05, 0) is 50.2 Å². The first-order chi connectivity index (χ1) is 15.8. The first-order valence-corrected chi connectivity index (χ1v) is 12.1. The van der Waals surface area contributed by atoms with Gasteiger partial charge in [0.15, 0.2) is 5.65 Å². The number of hydrogen-bond acceptors (Lipinski definition) is 6. The van der Waals surface area contributed by atoms with Gasteiger partial charge in [-0.3, -0.25) is 0 Å². The molecule has 3 heterocycles. The topological polar surface area (TPSA) is 84.2 Å². The third-order valence-electron chi connectivity index (χ3n) is 5.79. The minimum Gasteiger partial charge on any atom is -0.353 e. The van der Waals surface area contributed by atoms with Gasteiger partial charge < -0.3 is 4.90 Å². The molecule has 0 aliphatic carbocycles. The van der Waals surface area contributed by atoms with E-state index in [1.54, 1.807) is 35.1 Å². The molecule has 5 rings (SSSR count). The number of hydrogen-bond donors (Lipinski definition) is 0. The molecule has 0 spiro atoms. The number of sulfonamides is 1. The van der Waals surface area contributed by atoms with Crippen LogP contribution in [0.5, 0.6) is 0 Å². The van der Waals surface area contributed by atoms with Gasteiger partial charge in [-0.15, -0.1) is 0 Å². The zero-order chi connectivity index (χ0) is 23.2. The molecule has 0 atom stereocenters. The molecular weight excluding hydrogens is 443 g/mol. The second-order valence-corrected chi connectivity index (χ2v) is 10.0. The molecule has 1 aliphatic rings. The van der Waals surface area contributed by atoms with Gasteiger partial charge >= 0.3 is 0 Å². The van der Waals surface area contributed by atoms with Crippen LogP contribution in [-0.4, -0.2) is 58.7 Å². The molecule has 0 radical (unpaired) electrons. The summed E-state index contributed by atoms with van der Waals surface area (Å²) in [7, 11) is -3.54. The molecule has 0 N–H and O–H groups in total. The molecule has 2 aromatic heterocycles. The van der Waals surface area contributed by atoms with E-state index < -0.39 is 10.0 Å². The maximum absolute atomic E-state index is 13.3. The molecule has 1 saturated heterocycles. The van der Waals surface area contributed by atoms with Gasteiger partial charge in [0.05, 0.1) is 22.2 Å². The predicted molar refractivity (Wildman–Crippen MR) is 124 cm³/mol. The highest BCUT2D eigenvalue weighted by atomic mass is 32.2. The van der Waals surface area contributed by atoms with E-state index in [1.165, 1.54) is 16.4 Å². The number of aryl methyl sites for hydroxylation is 2. The maximum atomic E-state index is 13.3. The van der Waals surface area contributed by atoms with Crippen molar-refractivity contribution in [2.45, 2.75) is 18.7 Å². The Morgan fingerprint density at radius 1 is 0.879 bits per heavy atom. The average Bonchev–Trinajstić information content (AvgIpc) is 3.23. The second kappa shape index (κ2) is 8.20. The van der Waals surface area contributed by atoms with Gasteiger partial charge in [-0.25, -0.2) is 27.5 Å². The zero-order valence-corrected chi connectivity index (χ0v) is 19.1. The van der Waals surface area contributed by atoms with E-state index in [2.05, 4.69) is 20.0 Å². The smallest absolute Gasteiger partial charge is 0.243 e. The summed E-state index contributed by atoms with van der Waals surface area (Å²) in [6, 6.07) is 13.0. The summed E-state index contributed by atoms with van der Waals surface area (Å²) >= 11 is 0. The summed E-state index contributed by atoms with van der Waals surface area (Å²) in [6.45, 7) is 5.44. The lowest BCUT2D eigenvalue weighted by Crippen LogP contribution is -2.49. The number of benzene rings is 2. The summed E-state index contributed by atoms with van der Waals surface area (Å²) < 4.78 is 42.6. The van der Waals surface area contributed by atoms with Crippen LogP contribution in [0.2, 0.25) is 0 Å². The van der Waals surface area contributed by atoms with Crippen LogP contribution >= 0.6 is 0 Å². The molecule has 33 heavy (non-hydrogen) atoms. The zero-order valence-electron chi connectivity index (χ0n) is 18.3. The van der Waals surface area contributed by atoms with Crippen LogP contribution in [0.4, 0.5) is 10.2 Å². The number of halogens is 1. The van der Waals surface area contributed by atoms with E-state index in [1.807, 2.05) is 26.0 Å². The highest BCUT2D eigenvalue weighted by Crippen LogP contribution is 2.28. The normalized spacial score (nSPS) is 15.3. The summed E-state index contributed by atoms with van der Waals surface area (Å²) in [5.74, 6) is 0.981. The minimum atomic E-state index is -3.54. The Balaban J connectivity index is 1.42. The Morgan fingerprint density at radius 2 is 1.55 bits per heavy atom. The van der Waals surface area contributed by atoms with Crippen LogP contribution in [0.15, 0.2) is 59.6 Å². The van der Waals surface area contributed by atoms with Crippen molar-refractivity contribution in [2.24, 2.45) is 0 Å². The molecule has 0 bridgehead atoms. The van der Waals surface area contributed by atoms with Gasteiger partial charge in [-0.1, -0.05) is 17.7 Å². The summed E-state index contributed by atoms with van der Waals surface area (Å²) in [6.07, 6.45) is 1.70. The van der Waals surface area contributed by atoms with Gasteiger partial charge in [0, 0.05) is 26.2 Å². The van der Waals surface area contributed by atoms with E-state index in [9.17, 15) is 12.8 Å². The maximum Gasteiger partial charge on any atom is 0.243 e. The number of rotatable bonds is 4. The minimum absolute atomic E-state index is 0.308. The fourth-order valence-corrected chi connectivity index (χ4v) is 5.43. The summed E-state index contributed by atoms with van der Waals surface area (Å²) in [5, 5.41) is 5.22. The van der Waals surface area contributed by atoms with Crippen molar-refractivity contribution < 1.29 is 12.8 Å². The van der Waals surface area contributed by atoms with Gasteiger partial charge in [0.2, 0.25) is 10.0 Å². The first kappa shape index (κ1) is 21.5. The molecule has 0 amide bonds. The summed E-state index contributed by atoms with van der Waals surface area (Å²) in [5.41, 5.74) is 2.34. The Morgan fingerprint density at radius 3 is 2.21 bits per heavy atom. The van der Waals surface area contributed by atoms with Crippen molar-refractivity contribution in [2.75, 3.05) is 31.1 Å². The SMILES string of the molecule is Cc1ccc(S(=O)(=O)N2CCN(c3nc(C)nc4c3cnn4-c3ccc(F)cc3)CC2)cc1. The van der Waals surface area contributed by atoms with Crippen molar-refractivity contribution in [3.8, 4) is 5.69 Å². The highest BCUT2D eigenvalue weighted by molar-refractivity contribution is 7.89. The quantitative estimate of drug-likeness (QED) is 0.460. The Hall–Kier alpha value is -3.37. The standard InChI is InChI=1S/C23H23FN6O2S/c1-16-3-9-20(10-4-16)33(31,32)29-13-11-28(12-14-29)22-21-15-25-30(23(21)27-17(2)26-22)19-7-5-18(24)6-8-19/h3-10,15H,11-14H2,1-2H3. The molecule has 0 saturated carbocycles. The van der Waals surface area contributed by atoms with Crippen LogP contribution in [0.1, 0.15) is 11.4 Å². The molecule has 0 unspecified atom stereocenters. The molecule has 10 heteroatoms. The first-order valence-electron chi connectivity index (χ1n) is 10.6. The Kier molecular flexibility index (Phi) is 5.34. The van der Waals surface area contributed by atoms with Crippen molar-refractivity contribution in [1.29, 1.82) is 0 Å².